The minimum atomic E-state index is -0.159. The summed E-state index contributed by atoms with van der Waals surface area (Å²) in [5.74, 6) is 0. The van der Waals surface area contributed by atoms with Crippen molar-refractivity contribution in [1.29, 1.82) is 0 Å². The molecule has 1 rings (SSSR count). The zero-order valence-electron chi connectivity index (χ0n) is 7.09. The molecule has 0 bridgehead atoms. The van der Waals surface area contributed by atoms with E-state index in [0.717, 1.165) is 19.3 Å². The van der Waals surface area contributed by atoms with Crippen LogP contribution in [0, 0.1) is 0 Å². The molecule has 0 spiro atoms. The third-order valence-electron chi connectivity index (χ3n) is 1.67. The molecule has 3 heteroatoms. The number of halogens is 1. The summed E-state index contributed by atoms with van der Waals surface area (Å²) in [6.45, 7) is 1.84. The standard InChI is InChI=1S/C9H13BrOS/c1-7(11)3-2-4-9-5-8(10)6-12-9/h5-7,11H,2-4H2,1H3. The SMILES string of the molecule is CC(O)CCCc1cc(Br)cs1. The van der Waals surface area contributed by atoms with E-state index < -0.39 is 0 Å². The molecule has 1 atom stereocenters. The van der Waals surface area contributed by atoms with Crippen LogP contribution in [0.4, 0.5) is 0 Å². The van der Waals surface area contributed by atoms with Crippen molar-refractivity contribution in [3.05, 3.63) is 20.8 Å². The molecule has 12 heavy (non-hydrogen) atoms. The average molecular weight is 249 g/mol. The fourth-order valence-corrected chi connectivity index (χ4v) is 2.55. The highest BCUT2D eigenvalue weighted by Crippen LogP contribution is 2.21. The summed E-state index contributed by atoms with van der Waals surface area (Å²) < 4.78 is 1.17. The zero-order valence-corrected chi connectivity index (χ0v) is 9.49. The lowest BCUT2D eigenvalue weighted by atomic mass is 10.1. The van der Waals surface area contributed by atoms with Crippen LogP contribution in [0.1, 0.15) is 24.6 Å². The van der Waals surface area contributed by atoms with E-state index in [1.54, 1.807) is 11.3 Å². The van der Waals surface area contributed by atoms with Crippen molar-refractivity contribution >= 4 is 27.3 Å². The van der Waals surface area contributed by atoms with Crippen molar-refractivity contribution in [1.82, 2.24) is 0 Å². The van der Waals surface area contributed by atoms with E-state index in [1.807, 2.05) is 6.92 Å². The van der Waals surface area contributed by atoms with Crippen LogP contribution in [0.25, 0.3) is 0 Å². The molecule has 0 fully saturated rings. The first kappa shape index (κ1) is 10.2. The van der Waals surface area contributed by atoms with Gasteiger partial charge in [0.15, 0.2) is 0 Å². The van der Waals surface area contributed by atoms with Gasteiger partial charge >= 0.3 is 0 Å². The summed E-state index contributed by atoms with van der Waals surface area (Å²) in [4.78, 5) is 1.39. The highest BCUT2D eigenvalue weighted by molar-refractivity contribution is 9.10. The van der Waals surface area contributed by atoms with Crippen LogP contribution in [0.2, 0.25) is 0 Å². The lowest BCUT2D eigenvalue weighted by Gasteiger charge is -2.01. The van der Waals surface area contributed by atoms with Gasteiger partial charge < -0.3 is 5.11 Å². The summed E-state index contributed by atoms with van der Waals surface area (Å²) in [7, 11) is 0. The highest BCUT2D eigenvalue weighted by Gasteiger charge is 1.99. The largest absolute Gasteiger partial charge is 0.393 e. The lowest BCUT2D eigenvalue weighted by molar-refractivity contribution is 0.182. The molecule has 0 amide bonds. The molecule has 0 saturated heterocycles. The fourth-order valence-electron chi connectivity index (χ4n) is 1.06. The summed E-state index contributed by atoms with van der Waals surface area (Å²) in [5, 5.41) is 11.1. The van der Waals surface area contributed by atoms with Crippen LogP contribution < -0.4 is 0 Å². The van der Waals surface area contributed by atoms with Gasteiger partial charge in [-0.1, -0.05) is 0 Å². The summed E-state index contributed by atoms with van der Waals surface area (Å²) in [6, 6.07) is 2.15. The van der Waals surface area contributed by atoms with Gasteiger partial charge in [-0.05, 0) is 48.2 Å². The second-order valence-corrected chi connectivity index (χ2v) is 4.88. The van der Waals surface area contributed by atoms with E-state index in [1.165, 1.54) is 9.35 Å². The first-order valence-corrected chi connectivity index (χ1v) is 5.76. The summed E-state index contributed by atoms with van der Waals surface area (Å²) in [6.07, 6.45) is 2.90. The van der Waals surface area contributed by atoms with Crippen molar-refractivity contribution in [3.63, 3.8) is 0 Å². The molecule has 68 valence electrons. The lowest BCUT2D eigenvalue weighted by Crippen LogP contribution is -1.99. The number of aryl methyl sites for hydroxylation is 1. The quantitative estimate of drug-likeness (QED) is 0.868. The topological polar surface area (TPSA) is 20.2 Å². The van der Waals surface area contributed by atoms with Crippen LogP contribution in [0.15, 0.2) is 15.9 Å². The Morgan fingerprint density at radius 3 is 2.92 bits per heavy atom. The molecule has 0 radical (unpaired) electrons. The molecule has 0 aliphatic carbocycles. The molecule has 1 aromatic heterocycles. The summed E-state index contributed by atoms with van der Waals surface area (Å²) in [5.41, 5.74) is 0. The molecule has 0 aliphatic rings. The minimum Gasteiger partial charge on any atom is -0.393 e. The number of rotatable bonds is 4. The van der Waals surface area contributed by atoms with Crippen LogP contribution in [0.3, 0.4) is 0 Å². The van der Waals surface area contributed by atoms with E-state index in [0.29, 0.717) is 0 Å². The van der Waals surface area contributed by atoms with Gasteiger partial charge in [0.2, 0.25) is 0 Å². The van der Waals surface area contributed by atoms with Gasteiger partial charge in [0, 0.05) is 14.7 Å². The van der Waals surface area contributed by atoms with E-state index in [2.05, 4.69) is 27.4 Å². The Bertz CT molecular complexity index is 232. The molecule has 1 N–H and O–H groups in total. The molecule has 1 nitrogen and oxygen atoms in total. The van der Waals surface area contributed by atoms with Gasteiger partial charge in [-0.25, -0.2) is 0 Å². The molecule has 0 aliphatic heterocycles. The molecule has 0 aromatic carbocycles. The van der Waals surface area contributed by atoms with E-state index >= 15 is 0 Å². The van der Waals surface area contributed by atoms with Crippen molar-refractivity contribution in [2.24, 2.45) is 0 Å². The Morgan fingerprint density at radius 1 is 1.67 bits per heavy atom. The second-order valence-electron chi connectivity index (χ2n) is 2.97. The smallest absolute Gasteiger partial charge is 0.0512 e. The van der Waals surface area contributed by atoms with Gasteiger partial charge in [-0.15, -0.1) is 11.3 Å². The van der Waals surface area contributed by atoms with Crippen LogP contribution in [-0.4, -0.2) is 11.2 Å². The molecule has 1 unspecified atom stereocenters. The van der Waals surface area contributed by atoms with Gasteiger partial charge in [-0.3, -0.25) is 0 Å². The van der Waals surface area contributed by atoms with Gasteiger partial charge in [0.1, 0.15) is 0 Å². The Kier molecular flexibility index (Phi) is 4.26. The number of aliphatic hydroxyl groups is 1. The molecular weight excluding hydrogens is 236 g/mol. The third-order valence-corrected chi connectivity index (χ3v) is 3.42. The molecule has 0 saturated carbocycles. The number of aliphatic hydroxyl groups excluding tert-OH is 1. The summed E-state index contributed by atoms with van der Waals surface area (Å²) >= 11 is 5.19. The first-order chi connectivity index (χ1) is 5.68. The maximum atomic E-state index is 9.03. The predicted octanol–water partition coefficient (Wildman–Crippen LogP) is 3.21. The monoisotopic (exact) mass is 248 g/mol. The van der Waals surface area contributed by atoms with Crippen molar-refractivity contribution in [2.45, 2.75) is 32.3 Å². The minimum absolute atomic E-state index is 0.159. The number of hydrogen-bond donors (Lipinski definition) is 1. The molecule has 1 heterocycles. The van der Waals surface area contributed by atoms with Crippen molar-refractivity contribution in [2.75, 3.05) is 0 Å². The van der Waals surface area contributed by atoms with Crippen LogP contribution in [-0.2, 0) is 6.42 Å². The van der Waals surface area contributed by atoms with E-state index in [4.69, 9.17) is 5.11 Å². The van der Waals surface area contributed by atoms with E-state index in [-0.39, 0.29) is 6.10 Å². The Hall–Kier alpha value is 0.140. The average Bonchev–Trinajstić information content (AvgIpc) is 2.35. The second kappa shape index (κ2) is 5.00. The maximum Gasteiger partial charge on any atom is 0.0512 e. The number of thiophene rings is 1. The van der Waals surface area contributed by atoms with E-state index in [9.17, 15) is 0 Å². The highest BCUT2D eigenvalue weighted by atomic mass is 79.9. The fraction of sp³-hybridized carbons (Fsp3) is 0.556. The molecular formula is C9H13BrOS. The first-order valence-electron chi connectivity index (χ1n) is 4.09. The number of hydrogen-bond acceptors (Lipinski definition) is 2. The van der Waals surface area contributed by atoms with Gasteiger partial charge in [-0.2, -0.15) is 0 Å². The Labute approximate surface area is 85.6 Å². The van der Waals surface area contributed by atoms with Crippen molar-refractivity contribution < 1.29 is 5.11 Å². The zero-order chi connectivity index (χ0) is 8.97. The molecule has 1 aromatic rings. The third kappa shape index (κ3) is 3.70. The Morgan fingerprint density at radius 2 is 2.42 bits per heavy atom. The maximum absolute atomic E-state index is 9.03. The van der Waals surface area contributed by atoms with Gasteiger partial charge in [0.25, 0.3) is 0 Å². The van der Waals surface area contributed by atoms with Crippen molar-refractivity contribution in [3.8, 4) is 0 Å². The van der Waals surface area contributed by atoms with Crippen LogP contribution in [0.5, 0.6) is 0 Å². The predicted molar refractivity (Wildman–Crippen MR) is 56.6 cm³/mol. The van der Waals surface area contributed by atoms with Gasteiger partial charge in [0.05, 0.1) is 6.10 Å². The Balaban J connectivity index is 2.24. The van der Waals surface area contributed by atoms with Crippen LogP contribution >= 0.6 is 27.3 Å². The normalized spacial score (nSPS) is 13.2.